The highest BCUT2D eigenvalue weighted by molar-refractivity contribution is 5.59. The summed E-state index contributed by atoms with van der Waals surface area (Å²) >= 11 is 0. The maximum absolute atomic E-state index is 13.1. The number of hydrogen-bond donors (Lipinski definition) is 0. The minimum atomic E-state index is -4.57. The maximum Gasteiger partial charge on any atom is 0.453 e. The third-order valence-corrected chi connectivity index (χ3v) is 4.78. The zero-order valence-corrected chi connectivity index (χ0v) is 13.5. The number of halogens is 3. The first-order chi connectivity index (χ1) is 10.8. The highest BCUT2D eigenvalue weighted by atomic mass is 19.4. The lowest BCUT2D eigenvalue weighted by Crippen LogP contribution is -2.35. The molecule has 2 heterocycles. The van der Waals surface area contributed by atoms with Gasteiger partial charge in [-0.2, -0.15) is 17.7 Å². The SMILES string of the molecule is Cc1c(N(C)C2CCCCC2)nn2c(C(F)(F)F)nnc2c1C. The van der Waals surface area contributed by atoms with Gasteiger partial charge in [0.25, 0.3) is 5.82 Å². The maximum atomic E-state index is 13.1. The Bertz CT molecular complexity index is 716. The van der Waals surface area contributed by atoms with Gasteiger partial charge in [0, 0.05) is 24.2 Å². The normalized spacial score (nSPS) is 17.0. The van der Waals surface area contributed by atoms with E-state index in [1.165, 1.54) is 6.42 Å². The largest absolute Gasteiger partial charge is 0.453 e. The van der Waals surface area contributed by atoms with Gasteiger partial charge in [0.15, 0.2) is 11.5 Å². The predicted octanol–water partition coefficient (Wildman–Crippen LogP) is 3.53. The van der Waals surface area contributed by atoms with Crippen molar-refractivity contribution in [1.29, 1.82) is 0 Å². The van der Waals surface area contributed by atoms with Crippen molar-refractivity contribution in [2.24, 2.45) is 0 Å². The van der Waals surface area contributed by atoms with Crippen LogP contribution in [0.1, 0.15) is 49.1 Å². The van der Waals surface area contributed by atoms with Crippen LogP contribution in [0.3, 0.4) is 0 Å². The first-order valence-electron chi connectivity index (χ1n) is 7.83. The van der Waals surface area contributed by atoms with E-state index in [9.17, 15) is 13.2 Å². The summed E-state index contributed by atoms with van der Waals surface area (Å²) in [6.45, 7) is 3.64. The highest BCUT2D eigenvalue weighted by Gasteiger charge is 2.38. The summed E-state index contributed by atoms with van der Waals surface area (Å²) in [5, 5.41) is 11.2. The van der Waals surface area contributed by atoms with Gasteiger partial charge in [0.1, 0.15) is 0 Å². The van der Waals surface area contributed by atoms with Crippen LogP contribution >= 0.6 is 0 Å². The molecule has 8 heteroatoms. The molecule has 1 fully saturated rings. The molecule has 0 aromatic carbocycles. The molecule has 5 nitrogen and oxygen atoms in total. The zero-order valence-electron chi connectivity index (χ0n) is 13.5. The fourth-order valence-electron chi connectivity index (χ4n) is 3.27. The van der Waals surface area contributed by atoms with E-state index in [4.69, 9.17) is 0 Å². The van der Waals surface area contributed by atoms with Crippen LogP contribution in [0.4, 0.5) is 19.0 Å². The lowest BCUT2D eigenvalue weighted by Gasteiger charge is -2.33. The quantitative estimate of drug-likeness (QED) is 0.846. The van der Waals surface area contributed by atoms with Gasteiger partial charge >= 0.3 is 6.18 Å². The smallest absolute Gasteiger partial charge is 0.355 e. The minimum absolute atomic E-state index is 0.163. The van der Waals surface area contributed by atoms with Gasteiger partial charge in [0.05, 0.1) is 0 Å². The second-order valence-electron chi connectivity index (χ2n) is 6.23. The van der Waals surface area contributed by atoms with Crippen LogP contribution < -0.4 is 4.90 Å². The summed E-state index contributed by atoms with van der Waals surface area (Å²) in [6.07, 6.45) is 1.03. The molecule has 2 aromatic heterocycles. The topological polar surface area (TPSA) is 46.3 Å². The lowest BCUT2D eigenvalue weighted by atomic mass is 9.94. The zero-order chi connectivity index (χ0) is 16.8. The second-order valence-corrected chi connectivity index (χ2v) is 6.23. The Hall–Kier alpha value is -1.86. The molecule has 126 valence electrons. The molecule has 0 N–H and O–H groups in total. The number of hydrogen-bond acceptors (Lipinski definition) is 4. The van der Waals surface area contributed by atoms with Crippen molar-refractivity contribution in [1.82, 2.24) is 19.8 Å². The fourth-order valence-corrected chi connectivity index (χ4v) is 3.27. The fraction of sp³-hybridized carbons (Fsp3) is 0.667. The van der Waals surface area contributed by atoms with E-state index in [1.807, 2.05) is 18.9 Å². The molecule has 1 saturated carbocycles. The average Bonchev–Trinajstić information content (AvgIpc) is 2.95. The minimum Gasteiger partial charge on any atom is -0.355 e. The molecule has 23 heavy (non-hydrogen) atoms. The first-order valence-corrected chi connectivity index (χ1v) is 7.83. The van der Waals surface area contributed by atoms with Gasteiger partial charge in [-0.15, -0.1) is 15.3 Å². The van der Waals surface area contributed by atoms with Crippen LogP contribution in [0.25, 0.3) is 5.65 Å². The molecule has 0 spiro atoms. The molecule has 0 aliphatic heterocycles. The van der Waals surface area contributed by atoms with Crippen molar-refractivity contribution in [2.45, 2.75) is 58.2 Å². The number of aromatic nitrogens is 4. The molecule has 0 radical (unpaired) electrons. The summed E-state index contributed by atoms with van der Waals surface area (Å²) in [7, 11) is 1.91. The summed E-state index contributed by atoms with van der Waals surface area (Å²) in [4.78, 5) is 2.01. The van der Waals surface area contributed by atoms with E-state index in [-0.39, 0.29) is 5.65 Å². The Morgan fingerprint density at radius 2 is 1.70 bits per heavy atom. The third kappa shape index (κ3) is 2.74. The molecule has 1 aliphatic rings. The van der Waals surface area contributed by atoms with Gasteiger partial charge in [-0.3, -0.25) is 0 Å². The number of nitrogens with zero attached hydrogens (tertiary/aromatic N) is 5. The Balaban J connectivity index is 2.11. The van der Waals surface area contributed by atoms with Crippen molar-refractivity contribution in [3.8, 4) is 0 Å². The van der Waals surface area contributed by atoms with Crippen LogP contribution in [0.15, 0.2) is 0 Å². The Morgan fingerprint density at radius 1 is 1.04 bits per heavy atom. The van der Waals surface area contributed by atoms with Crippen LogP contribution in [0.5, 0.6) is 0 Å². The standard InChI is InChI=1S/C15H20F3N5/c1-9-10(2)13(22(3)11-7-5-4-6-8-11)21-23-12(9)19-20-14(23)15(16,17)18/h11H,4-8H2,1-3H3. The van der Waals surface area contributed by atoms with Crippen molar-refractivity contribution in [3.63, 3.8) is 0 Å². The second kappa shape index (κ2) is 5.65. The summed E-state index contributed by atoms with van der Waals surface area (Å²) in [5.41, 5.74) is 1.70. The van der Waals surface area contributed by atoms with Crippen molar-refractivity contribution in [3.05, 3.63) is 17.0 Å². The Morgan fingerprint density at radius 3 is 2.30 bits per heavy atom. The molecular weight excluding hydrogens is 307 g/mol. The molecule has 0 atom stereocenters. The molecular formula is C15H20F3N5. The van der Waals surface area contributed by atoms with Crippen LogP contribution in [0.2, 0.25) is 0 Å². The Labute approximate surface area is 132 Å². The number of alkyl halides is 3. The summed E-state index contributed by atoms with van der Waals surface area (Å²) in [6, 6.07) is 0.317. The molecule has 3 rings (SSSR count). The van der Waals surface area contributed by atoms with E-state index in [0.717, 1.165) is 35.8 Å². The summed E-state index contributed by atoms with van der Waals surface area (Å²) < 4.78 is 40.1. The molecule has 1 aliphatic carbocycles. The van der Waals surface area contributed by atoms with Crippen LogP contribution in [0, 0.1) is 13.8 Å². The van der Waals surface area contributed by atoms with E-state index < -0.39 is 12.0 Å². The van der Waals surface area contributed by atoms with Crippen LogP contribution in [-0.2, 0) is 6.18 Å². The van der Waals surface area contributed by atoms with Gasteiger partial charge in [-0.05, 0) is 26.7 Å². The monoisotopic (exact) mass is 327 g/mol. The molecule has 2 aromatic rings. The first kappa shape index (κ1) is 16.0. The van der Waals surface area contributed by atoms with E-state index in [0.29, 0.717) is 17.4 Å². The number of aryl methyl sites for hydroxylation is 1. The molecule has 0 unspecified atom stereocenters. The van der Waals surface area contributed by atoms with Gasteiger partial charge in [-0.25, -0.2) is 0 Å². The average molecular weight is 327 g/mol. The number of anilines is 1. The summed E-state index contributed by atoms with van der Waals surface area (Å²) in [5.74, 6) is -0.499. The van der Waals surface area contributed by atoms with E-state index in [1.54, 1.807) is 6.92 Å². The third-order valence-electron chi connectivity index (χ3n) is 4.78. The number of rotatable bonds is 2. The van der Waals surface area contributed by atoms with E-state index in [2.05, 4.69) is 15.3 Å². The Kier molecular flexibility index (Phi) is 3.93. The number of fused-ring (bicyclic) bond motifs is 1. The van der Waals surface area contributed by atoms with Gasteiger partial charge in [-0.1, -0.05) is 19.3 Å². The van der Waals surface area contributed by atoms with Crippen molar-refractivity contribution in [2.75, 3.05) is 11.9 Å². The molecule has 0 amide bonds. The van der Waals surface area contributed by atoms with Gasteiger partial charge < -0.3 is 4.90 Å². The van der Waals surface area contributed by atoms with Crippen LogP contribution in [-0.4, -0.2) is 32.9 Å². The molecule has 0 saturated heterocycles. The highest BCUT2D eigenvalue weighted by Crippen LogP contribution is 2.32. The lowest BCUT2D eigenvalue weighted by molar-refractivity contribution is -0.146. The van der Waals surface area contributed by atoms with Crippen molar-refractivity contribution >= 4 is 11.5 Å². The predicted molar refractivity (Wildman–Crippen MR) is 80.5 cm³/mol. The molecule has 0 bridgehead atoms. The van der Waals surface area contributed by atoms with Gasteiger partial charge in [0.2, 0.25) is 0 Å². The van der Waals surface area contributed by atoms with E-state index >= 15 is 0 Å². The van der Waals surface area contributed by atoms with Crippen molar-refractivity contribution < 1.29 is 13.2 Å².